The predicted octanol–water partition coefficient (Wildman–Crippen LogP) is 0.133. The first kappa shape index (κ1) is 11.5. The zero-order valence-corrected chi connectivity index (χ0v) is 8.96. The van der Waals surface area contributed by atoms with Crippen LogP contribution in [0.25, 0.3) is 0 Å². The number of carboxylic acids is 1. The Morgan fingerprint density at radius 3 is 2.50 bits per heavy atom. The second-order valence-electron chi connectivity index (χ2n) is 3.63. The summed E-state index contributed by atoms with van der Waals surface area (Å²) in [6.45, 7) is 0.776. The second kappa shape index (κ2) is 4.27. The van der Waals surface area contributed by atoms with Crippen molar-refractivity contribution in [3.05, 3.63) is 0 Å². The number of aliphatic carboxylic acids is 1. The van der Waals surface area contributed by atoms with E-state index < -0.39 is 16.0 Å². The van der Waals surface area contributed by atoms with Crippen molar-refractivity contribution in [1.29, 1.82) is 0 Å². The molecule has 1 aliphatic heterocycles. The highest BCUT2D eigenvalue weighted by Gasteiger charge is 2.25. The molecule has 0 aromatic heterocycles. The molecule has 1 heterocycles. The fourth-order valence-electron chi connectivity index (χ4n) is 1.65. The third-order valence-electron chi connectivity index (χ3n) is 2.51. The molecule has 0 bridgehead atoms. The molecule has 5 nitrogen and oxygen atoms in total. The normalized spacial score (nSPS) is 25.6. The number of hydrogen-bond donors (Lipinski definition) is 1. The van der Waals surface area contributed by atoms with Crippen LogP contribution in [-0.4, -0.2) is 43.1 Å². The van der Waals surface area contributed by atoms with Gasteiger partial charge in [0, 0.05) is 13.1 Å². The van der Waals surface area contributed by atoms with Crippen LogP contribution >= 0.6 is 0 Å². The summed E-state index contributed by atoms with van der Waals surface area (Å²) < 4.78 is 23.7. The molecule has 0 spiro atoms. The Bertz CT molecular complexity index is 311. The van der Waals surface area contributed by atoms with Crippen LogP contribution in [-0.2, 0) is 14.8 Å². The molecule has 1 saturated heterocycles. The summed E-state index contributed by atoms with van der Waals surface area (Å²) in [7, 11) is -3.16. The molecule has 0 aliphatic carbocycles. The molecule has 1 atom stereocenters. The van der Waals surface area contributed by atoms with Crippen molar-refractivity contribution >= 4 is 16.0 Å². The van der Waals surface area contributed by atoms with Crippen molar-refractivity contribution in [3.63, 3.8) is 0 Å². The second-order valence-corrected chi connectivity index (χ2v) is 5.61. The fourth-order valence-corrected chi connectivity index (χ4v) is 2.55. The van der Waals surface area contributed by atoms with Gasteiger partial charge >= 0.3 is 5.97 Å². The molecule has 14 heavy (non-hydrogen) atoms. The average Bonchev–Trinajstić information content (AvgIpc) is 2.26. The fraction of sp³-hybridized carbons (Fsp3) is 0.875. The van der Waals surface area contributed by atoms with Gasteiger partial charge in [-0.05, 0) is 19.3 Å². The van der Waals surface area contributed by atoms with Crippen molar-refractivity contribution in [3.8, 4) is 0 Å². The van der Waals surface area contributed by atoms with Crippen LogP contribution in [0.3, 0.4) is 0 Å². The Labute approximate surface area is 83.8 Å². The van der Waals surface area contributed by atoms with E-state index in [1.807, 2.05) is 0 Å². The van der Waals surface area contributed by atoms with Crippen molar-refractivity contribution in [1.82, 2.24) is 4.31 Å². The molecule has 6 heteroatoms. The first-order valence-electron chi connectivity index (χ1n) is 4.59. The van der Waals surface area contributed by atoms with Gasteiger partial charge in [0.1, 0.15) is 0 Å². The van der Waals surface area contributed by atoms with Crippen LogP contribution in [0, 0.1) is 5.92 Å². The van der Waals surface area contributed by atoms with Crippen molar-refractivity contribution in [2.75, 3.05) is 19.3 Å². The van der Waals surface area contributed by atoms with E-state index in [-0.39, 0.29) is 5.92 Å². The van der Waals surface area contributed by atoms with E-state index >= 15 is 0 Å². The summed E-state index contributed by atoms with van der Waals surface area (Å²) in [4.78, 5) is 10.7. The summed E-state index contributed by atoms with van der Waals surface area (Å²) in [5.41, 5.74) is 0. The van der Waals surface area contributed by atoms with E-state index in [4.69, 9.17) is 5.11 Å². The zero-order valence-electron chi connectivity index (χ0n) is 8.14. The van der Waals surface area contributed by atoms with Crippen molar-refractivity contribution in [2.24, 2.45) is 5.92 Å². The largest absolute Gasteiger partial charge is 0.481 e. The molecule has 1 aliphatic rings. The van der Waals surface area contributed by atoms with Crippen LogP contribution in [0.1, 0.15) is 19.3 Å². The minimum atomic E-state index is -3.16. The van der Waals surface area contributed by atoms with Gasteiger partial charge in [-0.25, -0.2) is 12.7 Å². The lowest BCUT2D eigenvalue weighted by molar-refractivity contribution is -0.142. The molecule has 0 radical (unpaired) electrons. The number of carboxylic acid groups (broad SMARTS) is 1. The van der Waals surface area contributed by atoms with Gasteiger partial charge in [-0.1, -0.05) is 0 Å². The standard InChI is InChI=1S/C8H15NO4S/c1-14(12,13)9-5-2-3-7(4-6-9)8(10)11/h7H,2-6H2,1H3,(H,10,11). The summed E-state index contributed by atoms with van der Waals surface area (Å²) in [5.74, 6) is -1.21. The average molecular weight is 221 g/mol. The molecular formula is C8H15NO4S. The number of rotatable bonds is 2. The number of carbonyl (C=O) groups is 1. The maximum Gasteiger partial charge on any atom is 0.306 e. The lowest BCUT2D eigenvalue weighted by atomic mass is 10.0. The van der Waals surface area contributed by atoms with Gasteiger partial charge in [-0.3, -0.25) is 4.79 Å². The minimum Gasteiger partial charge on any atom is -0.481 e. The van der Waals surface area contributed by atoms with E-state index in [1.165, 1.54) is 4.31 Å². The molecule has 1 fully saturated rings. The van der Waals surface area contributed by atoms with Crippen LogP contribution in [0.15, 0.2) is 0 Å². The smallest absolute Gasteiger partial charge is 0.306 e. The third kappa shape index (κ3) is 2.95. The Morgan fingerprint density at radius 1 is 1.36 bits per heavy atom. The van der Waals surface area contributed by atoms with Crippen LogP contribution in [0.5, 0.6) is 0 Å². The Morgan fingerprint density at radius 2 is 2.00 bits per heavy atom. The van der Waals surface area contributed by atoms with Crippen LogP contribution in [0.2, 0.25) is 0 Å². The Balaban J connectivity index is 2.62. The van der Waals surface area contributed by atoms with Gasteiger partial charge in [-0.2, -0.15) is 0 Å². The maximum atomic E-state index is 11.2. The lowest BCUT2D eigenvalue weighted by Gasteiger charge is -2.16. The molecule has 0 aromatic rings. The molecule has 0 amide bonds. The quantitative estimate of drug-likeness (QED) is 0.719. The van der Waals surface area contributed by atoms with E-state index in [0.717, 1.165) is 6.26 Å². The van der Waals surface area contributed by atoms with Gasteiger partial charge in [0.15, 0.2) is 0 Å². The zero-order chi connectivity index (χ0) is 10.8. The Kier molecular flexibility index (Phi) is 3.49. The van der Waals surface area contributed by atoms with E-state index in [2.05, 4.69) is 0 Å². The Hall–Kier alpha value is -0.620. The highest BCUT2D eigenvalue weighted by atomic mass is 32.2. The minimum absolute atomic E-state index is 0.329. The molecular weight excluding hydrogens is 206 g/mol. The first-order valence-corrected chi connectivity index (χ1v) is 6.44. The highest BCUT2D eigenvalue weighted by Crippen LogP contribution is 2.18. The number of nitrogens with zero attached hydrogens (tertiary/aromatic N) is 1. The van der Waals surface area contributed by atoms with Gasteiger partial charge in [0.25, 0.3) is 0 Å². The maximum absolute atomic E-state index is 11.2. The molecule has 1 rings (SSSR count). The van der Waals surface area contributed by atoms with Crippen LogP contribution < -0.4 is 0 Å². The monoisotopic (exact) mass is 221 g/mol. The number of sulfonamides is 1. The predicted molar refractivity (Wildman–Crippen MR) is 51.4 cm³/mol. The summed E-state index contributed by atoms with van der Waals surface area (Å²) >= 11 is 0. The molecule has 82 valence electrons. The highest BCUT2D eigenvalue weighted by molar-refractivity contribution is 7.88. The molecule has 1 N–H and O–H groups in total. The number of hydrogen-bond acceptors (Lipinski definition) is 3. The van der Waals surface area contributed by atoms with Crippen molar-refractivity contribution < 1.29 is 18.3 Å². The summed E-state index contributed by atoms with van der Waals surface area (Å²) in [5, 5.41) is 8.78. The summed E-state index contributed by atoms with van der Waals surface area (Å²) in [6.07, 6.45) is 2.78. The summed E-state index contributed by atoms with van der Waals surface area (Å²) in [6, 6.07) is 0. The molecule has 1 unspecified atom stereocenters. The third-order valence-corrected chi connectivity index (χ3v) is 3.81. The van der Waals surface area contributed by atoms with Gasteiger partial charge in [0.05, 0.1) is 12.2 Å². The van der Waals surface area contributed by atoms with Crippen LogP contribution in [0.4, 0.5) is 0 Å². The van der Waals surface area contributed by atoms with E-state index in [1.54, 1.807) is 0 Å². The molecule has 0 saturated carbocycles. The van der Waals surface area contributed by atoms with Gasteiger partial charge in [0.2, 0.25) is 10.0 Å². The van der Waals surface area contributed by atoms with E-state index in [0.29, 0.717) is 32.4 Å². The molecule has 0 aromatic carbocycles. The first-order chi connectivity index (χ1) is 6.41. The van der Waals surface area contributed by atoms with Gasteiger partial charge < -0.3 is 5.11 Å². The lowest BCUT2D eigenvalue weighted by Crippen LogP contribution is -2.31. The van der Waals surface area contributed by atoms with E-state index in [9.17, 15) is 13.2 Å². The SMILES string of the molecule is CS(=O)(=O)N1CCCC(C(=O)O)CC1. The van der Waals surface area contributed by atoms with Crippen molar-refractivity contribution in [2.45, 2.75) is 19.3 Å². The van der Waals surface area contributed by atoms with Gasteiger partial charge in [-0.15, -0.1) is 0 Å². The topological polar surface area (TPSA) is 74.7 Å².